The highest BCUT2D eigenvalue weighted by atomic mass is 16.7. The fourth-order valence-electron chi connectivity index (χ4n) is 5.31. The largest absolute Gasteiger partial charge is 0.454 e. The highest BCUT2D eigenvalue weighted by molar-refractivity contribution is 5.95. The van der Waals surface area contributed by atoms with Gasteiger partial charge in [-0.25, -0.2) is 0 Å². The molecule has 0 radical (unpaired) electrons. The monoisotopic (exact) mass is 462 g/mol. The van der Waals surface area contributed by atoms with Crippen molar-refractivity contribution in [2.45, 2.75) is 43.9 Å². The predicted molar refractivity (Wildman–Crippen MR) is 127 cm³/mol. The van der Waals surface area contributed by atoms with Crippen molar-refractivity contribution in [2.24, 2.45) is 0 Å². The third kappa shape index (κ3) is 4.37. The zero-order valence-electron chi connectivity index (χ0n) is 19.3. The van der Waals surface area contributed by atoms with Crippen molar-refractivity contribution in [1.82, 2.24) is 9.80 Å². The van der Waals surface area contributed by atoms with Crippen molar-refractivity contribution in [3.05, 3.63) is 59.2 Å². The summed E-state index contributed by atoms with van der Waals surface area (Å²) in [6.45, 7) is 4.15. The summed E-state index contributed by atoms with van der Waals surface area (Å²) in [4.78, 5) is 17.7. The van der Waals surface area contributed by atoms with Gasteiger partial charge in [0.25, 0.3) is 5.91 Å². The Morgan fingerprint density at radius 1 is 1.12 bits per heavy atom. The lowest BCUT2D eigenvalue weighted by molar-refractivity contribution is -0.0606. The standard InChI is InChI=1S/C27H30N2O5/c1-18(31)4-5-19-6-8-20(9-7-19)26-22-15-28(12-2-3-13-29(22)23(26)16-30)27(32)21-10-11-24-25(14-21)34-17-33-24/h6-11,14,18,22-23,26,30-31H,2-3,12-13,15-17H2,1H3/t18-,22+,23-,26-/m1/s1. The van der Waals surface area contributed by atoms with Gasteiger partial charge in [-0.05, 0) is 62.2 Å². The maximum Gasteiger partial charge on any atom is 0.254 e. The Balaban J connectivity index is 1.37. The van der Waals surface area contributed by atoms with Gasteiger partial charge in [-0.3, -0.25) is 9.69 Å². The number of rotatable bonds is 3. The van der Waals surface area contributed by atoms with E-state index in [1.165, 1.54) is 0 Å². The number of amides is 1. The molecule has 2 saturated heterocycles. The highest BCUT2D eigenvalue weighted by Gasteiger charge is 2.49. The van der Waals surface area contributed by atoms with Gasteiger partial charge >= 0.3 is 0 Å². The van der Waals surface area contributed by atoms with E-state index in [4.69, 9.17) is 9.47 Å². The second-order valence-electron chi connectivity index (χ2n) is 9.17. The minimum absolute atomic E-state index is 0.00454. The zero-order chi connectivity index (χ0) is 23.7. The molecule has 1 amide bonds. The Hall–Kier alpha value is -3.05. The van der Waals surface area contributed by atoms with E-state index in [2.05, 4.69) is 28.9 Å². The fourth-order valence-corrected chi connectivity index (χ4v) is 5.31. The second-order valence-corrected chi connectivity index (χ2v) is 9.17. The summed E-state index contributed by atoms with van der Waals surface area (Å²) in [5.74, 6) is 7.15. The van der Waals surface area contributed by atoms with Crippen LogP contribution in [-0.4, -0.2) is 77.1 Å². The van der Waals surface area contributed by atoms with Crippen LogP contribution < -0.4 is 9.47 Å². The van der Waals surface area contributed by atoms with Crippen LogP contribution in [0.4, 0.5) is 0 Å². The second kappa shape index (κ2) is 9.67. The summed E-state index contributed by atoms with van der Waals surface area (Å²) in [7, 11) is 0. The number of nitrogens with zero attached hydrogens (tertiary/aromatic N) is 2. The van der Waals surface area contributed by atoms with Gasteiger partial charge in [0.15, 0.2) is 11.5 Å². The molecule has 0 unspecified atom stereocenters. The molecule has 3 aliphatic rings. The highest BCUT2D eigenvalue weighted by Crippen LogP contribution is 2.42. The molecule has 7 nitrogen and oxygen atoms in total. The van der Waals surface area contributed by atoms with E-state index in [-0.39, 0.29) is 37.3 Å². The Morgan fingerprint density at radius 2 is 1.88 bits per heavy atom. The van der Waals surface area contributed by atoms with Crippen LogP contribution >= 0.6 is 0 Å². The molecule has 2 fully saturated rings. The average Bonchev–Trinajstić information content (AvgIpc) is 3.30. The van der Waals surface area contributed by atoms with Crippen LogP contribution in [0.3, 0.4) is 0 Å². The lowest BCUT2D eigenvalue weighted by atomic mass is 9.74. The first-order valence-corrected chi connectivity index (χ1v) is 11.9. The molecule has 178 valence electrons. The van der Waals surface area contributed by atoms with E-state index in [9.17, 15) is 15.0 Å². The number of carbonyl (C=O) groups excluding carboxylic acids is 1. The number of benzene rings is 2. The lowest BCUT2D eigenvalue weighted by Crippen LogP contribution is -2.67. The molecule has 2 aromatic rings. The molecule has 3 aliphatic heterocycles. The summed E-state index contributed by atoms with van der Waals surface area (Å²) in [5.41, 5.74) is 2.59. The third-order valence-electron chi connectivity index (χ3n) is 7.00. The van der Waals surface area contributed by atoms with Gasteiger partial charge in [-0.2, -0.15) is 0 Å². The summed E-state index contributed by atoms with van der Waals surface area (Å²) >= 11 is 0. The quantitative estimate of drug-likeness (QED) is 0.681. The number of hydrogen-bond donors (Lipinski definition) is 2. The number of carbonyl (C=O) groups is 1. The zero-order valence-corrected chi connectivity index (χ0v) is 19.3. The molecular weight excluding hydrogens is 432 g/mol. The van der Waals surface area contributed by atoms with E-state index in [0.29, 0.717) is 30.2 Å². The molecule has 34 heavy (non-hydrogen) atoms. The summed E-state index contributed by atoms with van der Waals surface area (Å²) in [5, 5.41) is 19.6. The van der Waals surface area contributed by atoms with E-state index < -0.39 is 6.10 Å². The Bertz CT molecular complexity index is 1100. The van der Waals surface area contributed by atoms with E-state index in [1.807, 2.05) is 17.0 Å². The van der Waals surface area contributed by atoms with Crippen LogP contribution in [0.5, 0.6) is 11.5 Å². The van der Waals surface area contributed by atoms with Crippen molar-refractivity contribution in [2.75, 3.05) is 33.0 Å². The first kappa shape index (κ1) is 22.7. The molecule has 2 aromatic carbocycles. The molecule has 0 aromatic heterocycles. The number of aliphatic hydroxyl groups excluding tert-OH is 2. The summed E-state index contributed by atoms with van der Waals surface area (Å²) in [6.07, 6.45) is 1.25. The minimum Gasteiger partial charge on any atom is -0.454 e. The molecule has 2 N–H and O–H groups in total. The SMILES string of the molecule is C[C@@H](O)C#Cc1ccc([C@H]2[C@@H](CO)N3CCCCN(C(=O)c4ccc5c(c4)OCO5)C[C@@H]23)cc1. The van der Waals surface area contributed by atoms with Crippen molar-refractivity contribution in [3.8, 4) is 23.3 Å². The van der Waals surface area contributed by atoms with Crippen LogP contribution in [0.25, 0.3) is 0 Å². The van der Waals surface area contributed by atoms with Crippen LogP contribution in [0.15, 0.2) is 42.5 Å². The molecule has 0 spiro atoms. The fraction of sp³-hybridized carbons (Fsp3) is 0.444. The van der Waals surface area contributed by atoms with E-state index in [1.54, 1.807) is 25.1 Å². The maximum atomic E-state index is 13.4. The van der Waals surface area contributed by atoms with Gasteiger partial charge in [-0.1, -0.05) is 24.0 Å². The number of fused-ring (bicyclic) bond motifs is 2. The Labute approximate surface area is 199 Å². The van der Waals surface area contributed by atoms with Crippen LogP contribution in [0.2, 0.25) is 0 Å². The van der Waals surface area contributed by atoms with Gasteiger partial charge in [-0.15, -0.1) is 0 Å². The van der Waals surface area contributed by atoms with Gasteiger partial charge in [0, 0.05) is 42.2 Å². The maximum absolute atomic E-state index is 13.4. The number of ether oxygens (including phenoxy) is 2. The van der Waals surface area contributed by atoms with Crippen LogP contribution in [0, 0.1) is 11.8 Å². The Morgan fingerprint density at radius 3 is 2.65 bits per heavy atom. The van der Waals surface area contributed by atoms with Gasteiger partial charge < -0.3 is 24.6 Å². The Kier molecular flexibility index (Phi) is 6.46. The van der Waals surface area contributed by atoms with E-state index >= 15 is 0 Å². The van der Waals surface area contributed by atoms with E-state index in [0.717, 1.165) is 30.5 Å². The first-order chi connectivity index (χ1) is 16.5. The summed E-state index contributed by atoms with van der Waals surface area (Å²) < 4.78 is 10.8. The molecule has 0 aliphatic carbocycles. The summed E-state index contributed by atoms with van der Waals surface area (Å²) in [6, 6.07) is 13.6. The smallest absolute Gasteiger partial charge is 0.254 e. The molecule has 4 atom stereocenters. The van der Waals surface area contributed by atoms with Crippen molar-refractivity contribution >= 4 is 5.91 Å². The lowest BCUT2D eigenvalue weighted by Gasteiger charge is -2.57. The van der Waals surface area contributed by atoms with Crippen LogP contribution in [-0.2, 0) is 0 Å². The van der Waals surface area contributed by atoms with Crippen molar-refractivity contribution in [3.63, 3.8) is 0 Å². The number of hydrogen-bond acceptors (Lipinski definition) is 6. The van der Waals surface area contributed by atoms with Crippen molar-refractivity contribution < 1.29 is 24.5 Å². The van der Waals surface area contributed by atoms with Crippen molar-refractivity contribution in [1.29, 1.82) is 0 Å². The predicted octanol–water partition coefficient (Wildman–Crippen LogP) is 2.21. The third-order valence-corrected chi connectivity index (χ3v) is 7.00. The van der Waals surface area contributed by atoms with Gasteiger partial charge in [0.05, 0.1) is 6.61 Å². The molecule has 7 heteroatoms. The normalized spacial score (nSPS) is 24.7. The first-order valence-electron chi connectivity index (χ1n) is 11.9. The minimum atomic E-state index is -0.665. The molecule has 0 bridgehead atoms. The van der Waals surface area contributed by atoms with Gasteiger partial charge in [0.1, 0.15) is 6.10 Å². The topological polar surface area (TPSA) is 82.5 Å². The van der Waals surface area contributed by atoms with Gasteiger partial charge in [0.2, 0.25) is 6.79 Å². The molecule has 5 rings (SSSR count). The number of aliphatic hydroxyl groups is 2. The molecular formula is C27H30N2O5. The van der Waals surface area contributed by atoms with Crippen LogP contribution in [0.1, 0.15) is 47.2 Å². The molecule has 0 saturated carbocycles. The molecule has 3 heterocycles. The average molecular weight is 463 g/mol.